The number of carbonyl (C=O) groups is 4. The molecule has 3 fully saturated rings. The lowest BCUT2D eigenvalue weighted by Crippen LogP contribution is -2.54. The highest BCUT2D eigenvalue weighted by Crippen LogP contribution is 2.70. The molecule has 3 rings (SSSR count). The van der Waals surface area contributed by atoms with Gasteiger partial charge in [-0.25, -0.2) is 0 Å². The lowest BCUT2D eigenvalue weighted by atomic mass is 9.51. The van der Waals surface area contributed by atoms with Crippen molar-refractivity contribution in [2.24, 2.45) is 34.5 Å². The third kappa shape index (κ3) is 2.33. The molecular weight excluding hydrogens is 332 g/mol. The molecule has 4 atom stereocenters. The number of rotatable bonds is 5. The molecule has 25 heavy (non-hydrogen) atoms. The Morgan fingerprint density at radius 3 is 1.84 bits per heavy atom. The van der Waals surface area contributed by atoms with Crippen LogP contribution in [0.1, 0.15) is 44.9 Å². The molecule has 3 saturated carbocycles. The van der Waals surface area contributed by atoms with Gasteiger partial charge < -0.3 is 20.4 Å². The van der Waals surface area contributed by atoms with Crippen molar-refractivity contribution < 1.29 is 39.6 Å². The van der Waals surface area contributed by atoms with Gasteiger partial charge in [0, 0.05) is 5.41 Å². The fourth-order valence-corrected chi connectivity index (χ4v) is 5.95. The Morgan fingerprint density at radius 2 is 1.40 bits per heavy atom. The number of aliphatic carboxylic acids is 4. The van der Waals surface area contributed by atoms with Gasteiger partial charge in [-0.1, -0.05) is 0 Å². The molecule has 0 aromatic carbocycles. The minimum Gasteiger partial charge on any atom is -0.481 e. The number of hydrogen-bond acceptors (Lipinski definition) is 4. The average molecular weight is 354 g/mol. The van der Waals surface area contributed by atoms with E-state index in [-0.39, 0.29) is 50.9 Å². The summed E-state index contributed by atoms with van der Waals surface area (Å²) in [7, 11) is 0. The Kier molecular flexibility index (Phi) is 4.04. The molecule has 8 nitrogen and oxygen atoms in total. The average Bonchev–Trinajstić information content (AvgIpc) is 3.11. The summed E-state index contributed by atoms with van der Waals surface area (Å²) in [5.74, 6) is -6.72. The first-order valence-electron chi connectivity index (χ1n) is 8.56. The summed E-state index contributed by atoms with van der Waals surface area (Å²) in [6, 6.07) is 0. The highest BCUT2D eigenvalue weighted by Gasteiger charge is 2.71. The van der Waals surface area contributed by atoms with Gasteiger partial charge >= 0.3 is 23.9 Å². The molecule has 0 aliphatic heterocycles. The van der Waals surface area contributed by atoms with Gasteiger partial charge in [0.2, 0.25) is 0 Å². The zero-order valence-electron chi connectivity index (χ0n) is 13.7. The first-order valence-corrected chi connectivity index (χ1v) is 8.56. The van der Waals surface area contributed by atoms with Crippen LogP contribution in [0.5, 0.6) is 0 Å². The zero-order chi connectivity index (χ0) is 18.6. The standard InChI is InChI=1S/C17H22O8/c18-12(19)8-1-3-16(4-2-8,15(24)25)17-6-9(5-11(17)14(22)23)10(7-17)13(20)21/h8-11H,1-7H2,(H,18,19)(H,20,21)(H,22,23)(H,24,25). The van der Waals surface area contributed by atoms with E-state index < -0.39 is 52.5 Å². The van der Waals surface area contributed by atoms with Crippen LogP contribution >= 0.6 is 0 Å². The van der Waals surface area contributed by atoms with Gasteiger partial charge in [-0.2, -0.15) is 0 Å². The van der Waals surface area contributed by atoms with E-state index in [4.69, 9.17) is 0 Å². The fraction of sp³-hybridized carbons (Fsp3) is 0.765. The van der Waals surface area contributed by atoms with Crippen molar-refractivity contribution in [2.75, 3.05) is 0 Å². The summed E-state index contributed by atoms with van der Waals surface area (Å²) in [6.45, 7) is 0. The van der Waals surface area contributed by atoms with Crippen molar-refractivity contribution in [1.29, 1.82) is 0 Å². The number of hydrogen-bond donors (Lipinski definition) is 4. The predicted molar refractivity (Wildman–Crippen MR) is 81.7 cm³/mol. The summed E-state index contributed by atoms with van der Waals surface area (Å²) in [5, 5.41) is 38.3. The normalized spacial score (nSPS) is 42.9. The van der Waals surface area contributed by atoms with Gasteiger partial charge in [-0.05, 0) is 50.9 Å². The van der Waals surface area contributed by atoms with Gasteiger partial charge in [0.05, 0.1) is 23.2 Å². The van der Waals surface area contributed by atoms with E-state index in [1.165, 1.54) is 0 Å². The van der Waals surface area contributed by atoms with Crippen molar-refractivity contribution in [3.63, 3.8) is 0 Å². The second kappa shape index (κ2) is 5.71. The first-order chi connectivity index (χ1) is 11.6. The molecule has 0 aromatic rings. The molecule has 3 aliphatic carbocycles. The lowest BCUT2D eigenvalue weighted by Gasteiger charge is -2.50. The Balaban J connectivity index is 2.01. The zero-order valence-corrected chi connectivity index (χ0v) is 13.7. The molecule has 0 saturated heterocycles. The topological polar surface area (TPSA) is 149 Å². The Morgan fingerprint density at radius 1 is 0.800 bits per heavy atom. The van der Waals surface area contributed by atoms with E-state index in [9.17, 15) is 39.6 Å². The summed E-state index contributed by atoms with van der Waals surface area (Å²) >= 11 is 0. The van der Waals surface area contributed by atoms with E-state index in [0.29, 0.717) is 0 Å². The van der Waals surface area contributed by atoms with Crippen molar-refractivity contribution >= 4 is 23.9 Å². The van der Waals surface area contributed by atoms with E-state index in [2.05, 4.69) is 0 Å². The molecule has 4 unspecified atom stereocenters. The number of fused-ring (bicyclic) bond motifs is 2. The van der Waals surface area contributed by atoms with Crippen LogP contribution in [-0.2, 0) is 19.2 Å². The molecule has 3 aliphatic rings. The van der Waals surface area contributed by atoms with Crippen molar-refractivity contribution in [3.8, 4) is 0 Å². The first kappa shape index (κ1) is 17.7. The molecule has 0 radical (unpaired) electrons. The molecule has 0 spiro atoms. The molecule has 0 amide bonds. The second-order valence-electron chi connectivity index (χ2n) is 7.90. The van der Waals surface area contributed by atoms with Crippen LogP contribution in [0.15, 0.2) is 0 Å². The third-order valence-electron chi connectivity index (χ3n) is 7.15. The quantitative estimate of drug-likeness (QED) is 0.580. The van der Waals surface area contributed by atoms with E-state index in [1.807, 2.05) is 0 Å². The van der Waals surface area contributed by atoms with E-state index >= 15 is 0 Å². The number of carboxylic acids is 4. The van der Waals surface area contributed by atoms with Crippen LogP contribution in [0, 0.1) is 34.5 Å². The van der Waals surface area contributed by atoms with Gasteiger partial charge in [-0.3, -0.25) is 19.2 Å². The van der Waals surface area contributed by atoms with Crippen LogP contribution < -0.4 is 0 Å². The van der Waals surface area contributed by atoms with Crippen LogP contribution in [-0.4, -0.2) is 44.3 Å². The van der Waals surface area contributed by atoms with Crippen LogP contribution in [0.2, 0.25) is 0 Å². The van der Waals surface area contributed by atoms with Gasteiger partial charge in [0.15, 0.2) is 0 Å². The molecule has 4 N–H and O–H groups in total. The maximum Gasteiger partial charge on any atom is 0.310 e. The third-order valence-corrected chi connectivity index (χ3v) is 7.15. The maximum absolute atomic E-state index is 12.3. The Labute approximate surface area is 143 Å². The molecule has 138 valence electrons. The Hall–Kier alpha value is -2.12. The molecule has 0 aromatic heterocycles. The largest absolute Gasteiger partial charge is 0.481 e. The van der Waals surface area contributed by atoms with Crippen LogP contribution in [0.4, 0.5) is 0 Å². The van der Waals surface area contributed by atoms with Crippen molar-refractivity contribution in [2.45, 2.75) is 44.9 Å². The summed E-state index contributed by atoms with van der Waals surface area (Å²) in [4.78, 5) is 46.8. The SMILES string of the molecule is O=C(O)C1CCC(C(=O)O)(C23CC(CC2C(=O)O)C(C(=O)O)C3)CC1. The maximum atomic E-state index is 12.3. The fourth-order valence-electron chi connectivity index (χ4n) is 5.95. The second-order valence-corrected chi connectivity index (χ2v) is 7.90. The summed E-state index contributed by atoms with van der Waals surface area (Å²) in [5.41, 5.74) is -2.47. The van der Waals surface area contributed by atoms with Gasteiger partial charge in [0.1, 0.15) is 0 Å². The smallest absolute Gasteiger partial charge is 0.310 e. The summed E-state index contributed by atoms with van der Waals surface area (Å²) in [6.07, 6.45) is 1.04. The van der Waals surface area contributed by atoms with Crippen molar-refractivity contribution in [1.82, 2.24) is 0 Å². The molecule has 0 heterocycles. The minimum atomic E-state index is -1.36. The van der Waals surface area contributed by atoms with Crippen molar-refractivity contribution in [3.05, 3.63) is 0 Å². The monoisotopic (exact) mass is 354 g/mol. The van der Waals surface area contributed by atoms with Crippen LogP contribution in [0.3, 0.4) is 0 Å². The Bertz CT molecular complexity index is 633. The van der Waals surface area contributed by atoms with Crippen LogP contribution in [0.25, 0.3) is 0 Å². The highest BCUT2D eigenvalue weighted by atomic mass is 16.4. The van der Waals surface area contributed by atoms with Gasteiger partial charge in [-0.15, -0.1) is 0 Å². The van der Waals surface area contributed by atoms with Gasteiger partial charge in [0.25, 0.3) is 0 Å². The predicted octanol–water partition coefficient (Wildman–Crippen LogP) is 1.53. The summed E-state index contributed by atoms with van der Waals surface area (Å²) < 4.78 is 0. The molecule has 8 heteroatoms. The van der Waals surface area contributed by atoms with E-state index in [1.54, 1.807) is 0 Å². The molecular formula is C17H22O8. The van der Waals surface area contributed by atoms with E-state index in [0.717, 1.165) is 0 Å². The minimum absolute atomic E-state index is 0.0496. The highest BCUT2D eigenvalue weighted by molar-refractivity contribution is 5.82. The lowest BCUT2D eigenvalue weighted by molar-refractivity contribution is -0.177. The number of carboxylic acid groups (broad SMARTS) is 4. The molecule has 2 bridgehead atoms.